The van der Waals surface area contributed by atoms with Crippen LogP contribution in [0.1, 0.15) is 36.6 Å². The Kier molecular flexibility index (Phi) is 6.30. The highest BCUT2D eigenvalue weighted by atomic mass is 35.5. The number of alkyl halides is 3. The van der Waals surface area contributed by atoms with Crippen LogP contribution >= 0.6 is 11.6 Å². The molecule has 2 aliphatic rings. The number of rotatable bonds is 5. The number of hydrogen-bond donors (Lipinski definition) is 2. The molecule has 7 nitrogen and oxygen atoms in total. The van der Waals surface area contributed by atoms with Crippen molar-refractivity contribution >= 4 is 23.2 Å². The fourth-order valence-electron chi connectivity index (χ4n) is 4.63. The Morgan fingerprint density at radius 3 is 2.54 bits per heavy atom. The van der Waals surface area contributed by atoms with Gasteiger partial charge in [0.15, 0.2) is 5.82 Å². The van der Waals surface area contributed by atoms with E-state index in [4.69, 9.17) is 22.3 Å². The summed E-state index contributed by atoms with van der Waals surface area (Å²) in [5, 5.41) is 3.68. The second-order valence-electron chi connectivity index (χ2n) is 8.93. The van der Waals surface area contributed by atoms with Crippen molar-refractivity contribution in [1.29, 1.82) is 0 Å². The lowest BCUT2D eigenvalue weighted by atomic mass is 9.95. The van der Waals surface area contributed by atoms with E-state index in [1.807, 2.05) is 9.47 Å². The molecule has 0 saturated carbocycles. The third kappa shape index (κ3) is 4.79. The molecular formula is C23H24ClF4N7. The SMILES string of the molecule is Nc1ncnc(N2CCC(c3nc(-c4ccc(F)c(C(F)(F)F)c4)cn3CC3CCN3)CC2)c1Cl. The number of imidazole rings is 1. The number of hydrogen-bond acceptors (Lipinski definition) is 6. The molecule has 3 N–H and O–H groups in total. The fraction of sp³-hybridized carbons (Fsp3) is 0.435. The molecule has 0 aliphatic carbocycles. The molecule has 1 unspecified atom stereocenters. The predicted molar refractivity (Wildman–Crippen MR) is 125 cm³/mol. The van der Waals surface area contributed by atoms with E-state index in [0.29, 0.717) is 36.2 Å². The molecule has 5 rings (SSSR count). The van der Waals surface area contributed by atoms with Gasteiger partial charge in [-0.05, 0) is 44.0 Å². The Morgan fingerprint density at radius 2 is 1.89 bits per heavy atom. The van der Waals surface area contributed by atoms with Gasteiger partial charge in [0, 0.05) is 43.4 Å². The van der Waals surface area contributed by atoms with Crippen molar-refractivity contribution in [3.8, 4) is 11.3 Å². The third-order valence-electron chi connectivity index (χ3n) is 6.68. The zero-order chi connectivity index (χ0) is 24.7. The molecule has 1 atom stereocenters. The van der Waals surface area contributed by atoms with Gasteiger partial charge >= 0.3 is 6.18 Å². The Balaban J connectivity index is 1.41. The summed E-state index contributed by atoms with van der Waals surface area (Å²) >= 11 is 6.29. The number of nitrogens with zero attached hydrogens (tertiary/aromatic N) is 5. The van der Waals surface area contributed by atoms with Crippen LogP contribution in [0.3, 0.4) is 0 Å². The van der Waals surface area contributed by atoms with Gasteiger partial charge in [-0.2, -0.15) is 13.2 Å². The molecule has 0 spiro atoms. The molecular weight excluding hydrogens is 486 g/mol. The molecule has 12 heteroatoms. The maximum atomic E-state index is 13.8. The standard InChI is InChI=1S/C23H24ClF4N7/c24-19-20(29)31-12-32-22(19)34-7-4-13(5-8-34)21-33-18(11-35(21)10-15-3-6-30-15)14-1-2-17(25)16(9-14)23(26,27)28/h1-2,9,11-13,15,30H,3-8,10H2,(H2,29,31,32). The second-order valence-corrected chi connectivity index (χ2v) is 9.30. The van der Waals surface area contributed by atoms with E-state index >= 15 is 0 Å². The van der Waals surface area contributed by atoms with Crippen molar-refractivity contribution in [1.82, 2.24) is 24.8 Å². The summed E-state index contributed by atoms with van der Waals surface area (Å²) in [6.45, 7) is 2.94. The van der Waals surface area contributed by atoms with Crippen LogP contribution in [-0.4, -0.2) is 45.2 Å². The first-order chi connectivity index (χ1) is 16.7. The maximum absolute atomic E-state index is 13.8. The zero-order valence-corrected chi connectivity index (χ0v) is 19.5. The van der Waals surface area contributed by atoms with Crippen LogP contribution in [0.4, 0.5) is 29.2 Å². The van der Waals surface area contributed by atoms with E-state index in [9.17, 15) is 17.6 Å². The summed E-state index contributed by atoms with van der Waals surface area (Å²) in [5.74, 6) is 0.437. The highest BCUT2D eigenvalue weighted by molar-refractivity contribution is 6.35. The maximum Gasteiger partial charge on any atom is 0.419 e. The first-order valence-corrected chi connectivity index (χ1v) is 11.8. The van der Waals surface area contributed by atoms with Gasteiger partial charge in [0.05, 0.1) is 11.3 Å². The van der Waals surface area contributed by atoms with Gasteiger partial charge in [-0.1, -0.05) is 11.6 Å². The Hall–Kier alpha value is -2.92. The summed E-state index contributed by atoms with van der Waals surface area (Å²) in [6.07, 6.45) is 0.911. The van der Waals surface area contributed by atoms with E-state index < -0.39 is 17.6 Å². The largest absolute Gasteiger partial charge is 0.419 e. The van der Waals surface area contributed by atoms with E-state index in [1.165, 1.54) is 12.4 Å². The summed E-state index contributed by atoms with van der Waals surface area (Å²) < 4.78 is 55.7. The van der Waals surface area contributed by atoms with Crippen LogP contribution in [0.2, 0.25) is 5.02 Å². The topological polar surface area (TPSA) is 84.9 Å². The van der Waals surface area contributed by atoms with Crippen LogP contribution < -0.4 is 16.0 Å². The van der Waals surface area contributed by atoms with Gasteiger partial charge in [-0.3, -0.25) is 0 Å². The van der Waals surface area contributed by atoms with Crippen molar-refractivity contribution in [2.24, 2.45) is 0 Å². The average Bonchev–Trinajstić information content (AvgIpc) is 3.22. The third-order valence-corrected chi connectivity index (χ3v) is 7.04. The van der Waals surface area contributed by atoms with Crippen molar-refractivity contribution < 1.29 is 17.6 Å². The number of nitrogens with two attached hydrogens (primary N) is 1. The van der Waals surface area contributed by atoms with Crippen LogP contribution in [0.5, 0.6) is 0 Å². The molecule has 3 aromatic rings. The van der Waals surface area contributed by atoms with E-state index in [0.717, 1.165) is 43.8 Å². The monoisotopic (exact) mass is 509 g/mol. The smallest absolute Gasteiger partial charge is 0.382 e. The lowest BCUT2D eigenvalue weighted by Crippen LogP contribution is -2.45. The lowest BCUT2D eigenvalue weighted by Gasteiger charge is -2.34. The van der Waals surface area contributed by atoms with Gasteiger partial charge in [-0.25, -0.2) is 19.3 Å². The Bertz CT molecular complexity index is 1220. The number of halogens is 5. The minimum Gasteiger partial charge on any atom is -0.382 e. The number of nitrogens with one attached hydrogen (secondary N) is 1. The van der Waals surface area contributed by atoms with Gasteiger partial charge < -0.3 is 20.5 Å². The molecule has 4 heterocycles. The molecule has 186 valence electrons. The van der Waals surface area contributed by atoms with Gasteiger partial charge in [0.25, 0.3) is 0 Å². The summed E-state index contributed by atoms with van der Waals surface area (Å²) in [4.78, 5) is 15.0. The molecule has 0 amide bonds. The van der Waals surface area contributed by atoms with Crippen molar-refractivity contribution in [2.75, 3.05) is 30.3 Å². The van der Waals surface area contributed by atoms with Crippen LogP contribution in [0.15, 0.2) is 30.7 Å². The van der Waals surface area contributed by atoms with E-state index in [-0.39, 0.29) is 23.3 Å². The van der Waals surface area contributed by atoms with E-state index in [1.54, 1.807) is 6.20 Å². The van der Waals surface area contributed by atoms with E-state index in [2.05, 4.69) is 15.3 Å². The van der Waals surface area contributed by atoms with Crippen LogP contribution in [0.25, 0.3) is 11.3 Å². The summed E-state index contributed by atoms with van der Waals surface area (Å²) in [7, 11) is 0. The van der Waals surface area contributed by atoms with Gasteiger partial charge in [0.1, 0.15) is 28.8 Å². The lowest BCUT2D eigenvalue weighted by molar-refractivity contribution is -0.139. The van der Waals surface area contributed by atoms with Crippen LogP contribution in [0, 0.1) is 5.82 Å². The molecule has 2 aromatic heterocycles. The van der Waals surface area contributed by atoms with Gasteiger partial charge in [0.2, 0.25) is 0 Å². The molecule has 1 aromatic carbocycles. The minimum atomic E-state index is -4.78. The Labute approximate surface area is 204 Å². The first kappa shape index (κ1) is 23.8. The normalized spacial score (nSPS) is 19.1. The average molecular weight is 510 g/mol. The fourth-order valence-corrected chi connectivity index (χ4v) is 4.85. The van der Waals surface area contributed by atoms with Gasteiger partial charge in [-0.15, -0.1) is 0 Å². The minimum absolute atomic E-state index is 0.0978. The molecule has 35 heavy (non-hydrogen) atoms. The number of anilines is 2. The van der Waals surface area contributed by atoms with Crippen molar-refractivity contribution in [2.45, 2.75) is 43.9 Å². The molecule has 0 radical (unpaired) electrons. The molecule has 2 saturated heterocycles. The Morgan fingerprint density at radius 1 is 1.14 bits per heavy atom. The zero-order valence-electron chi connectivity index (χ0n) is 18.7. The number of piperidine rings is 1. The highest BCUT2D eigenvalue weighted by Gasteiger charge is 2.35. The number of aromatic nitrogens is 4. The van der Waals surface area contributed by atoms with Crippen LogP contribution in [-0.2, 0) is 12.7 Å². The summed E-state index contributed by atoms with van der Waals surface area (Å²) in [6, 6.07) is 3.31. The second kappa shape index (κ2) is 9.27. The predicted octanol–water partition coefficient (Wildman–Crippen LogP) is 4.48. The van der Waals surface area contributed by atoms with Crippen molar-refractivity contribution in [3.63, 3.8) is 0 Å². The van der Waals surface area contributed by atoms with Crippen molar-refractivity contribution in [3.05, 3.63) is 53.0 Å². The number of nitrogen functional groups attached to an aromatic ring is 1. The molecule has 0 bridgehead atoms. The number of benzene rings is 1. The highest BCUT2D eigenvalue weighted by Crippen LogP contribution is 2.37. The summed E-state index contributed by atoms with van der Waals surface area (Å²) in [5.41, 5.74) is 5.16. The quantitative estimate of drug-likeness (QED) is 0.493. The first-order valence-electron chi connectivity index (χ1n) is 11.4. The molecule has 2 aliphatic heterocycles. The molecule has 2 fully saturated rings.